The van der Waals surface area contributed by atoms with E-state index in [2.05, 4.69) is 4.85 Å². The van der Waals surface area contributed by atoms with Crippen LogP contribution in [0.2, 0.25) is 0 Å². The molecule has 1 aromatic rings. The van der Waals surface area contributed by atoms with E-state index in [0.29, 0.717) is 0 Å². The van der Waals surface area contributed by atoms with Gasteiger partial charge in [-0.3, -0.25) is 14.9 Å². The van der Waals surface area contributed by atoms with E-state index in [-0.39, 0.29) is 17.0 Å². The van der Waals surface area contributed by atoms with Gasteiger partial charge in [-0.25, -0.2) is 6.57 Å². The molecule has 17 heavy (non-hydrogen) atoms. The van der Waals surface area contributed by atoms with E-state index in [0.717, 1.165) is 0 Å². The Morgan fingerprint density at radius 3 is 2.06 bits per heavy atom. The summed E-state index contributed by atoms with van der Waals surface area (Å²) in [6.45, 7) is 11.1. The molecule has 1 rings (SSSR count). The van der Waals surface area contributed by atoms with E-state index >= 15 is 0 Å². The van der Waals surface area contributed by atoms with E-state index in [1.807, 2.05) is 13.8 Å². The molecule has 0 atom stereocenters. The number of benzene rings is 1. The molecule has 0 amide bonds. The van der Waals surface area contributed by atoms with Crippen molar-refractivity contribution in [3.63, 3.8) is 0 Å². The predicted molar refractivity (Wildman–Crippen MR) is 67.0 cm³/mol. The highest BCUT2D eigenvalue weighted by Gasteiger charge is 2.14. The Bertz CT molecular complexity index is 375. The minimum atomic E-state index is -0.559. The number of rotatable bonds is 2. The molecule has 0 bridgehead atoms. The Kier molecular flexibility index (Phi) is 10.4. The number of hydrogen-bond acceptors (Lipinski definition) is 3. The van der Waals surface area contributed by atoms with Crippen molar-refractivity contribution in [2.24, 2.45) is 0 Å². The number of carbonyl (C=O) groups excluding carboxylic acids is 1. The van der Waals surface area contributed by atoms with Crippen molar-refractivity contribution in [3.8, 4) is 0 Å². The number of para-hydroxylation sites is 1. The summed E-state index contributed by atoms with van der Waals surface area (Å²) in [5.74, 6) is -0.290. The highest BCUT2D eigenvalue weighted by Crippen LogP contribution is 2.17. The average molecular weight is 236 g/mol. The molecular weight excluding hydrogens is 220 g/mol. The maximum Gasteiger partial charge on any atom is 0.280 e. The quantitative estimate of drug-likeness (QED) is 0.342. The first kappa shape index (κ1) is 17.2. The molecule has 5 nitrogen and oxygen atoms in total. The Morgan fingerprint density at radius 1 is 1.35 bits per heavy atom. The Labute approximate surface area is 101 Å². The van der Waals surface area contributed by atoms with Gasteiger partial charge in [0.1, 0.15) is 0 Å². The molecule has 0 N–H and O–H groups in total. The molecule has 0 heterocycles. The van der Waals surface area contributed by atoms with Gasteiger partial charge in [-0.15, -0.1) is 0 Å². The van der Waals surface area contributed by atoms with Crippen LogP contribution in [0.3, 0.4) is 0 Å². The van der Waals surface area contributed by atoms with Gasteiger partial charge in [0.2, 0.25) is 7.05 Å². The zero-order chi connectivity index (χ0) is 13.8. The second-order valence-corrected chi connectivity index (χ2v) is 2.55. The SMILES string of the molecule is CC.CC(=O)c1ccccc1[N+](=O)[O-].[C-]#[N+]C. The number of nitrogens with zero attached hydrogens (tertiary/aromatic N) is 2. The average Bonchev–Trinajstić information content (AvgIpc) is 2.32. The van der Waals surface area contributed by atoms with Gasteiger partial charge in [0, 0.05) is 6.07 Å². The van der Waals surface area contributed by atoms with Crippen molar-refractivity contribution in [2.75, 3.05) is 7.05 Å². The first-order valence-corrected chi connectivity index (χ1v) is 5.04. The summed E-state index contributed by atoms with van der Waals surface area (Å²) in [4.78, 5) is 23.4. The van der Waals surface area contributed by atoms with Crippen molar-refractivity contribution in [1.82, 2.24) is 0 Å². The van der Waals surface area contributed by atoms with Crippen LogP contribution in [0.25, 0.3) is 4.85 Å². The summed E-state index contributed by atoms with van der Waals surface area (Å²) in [6, 6.07) is 5.89. The number of nitro groups is 1. The van der Waals surface area contributed by atoms with Crippen molar-refractivity contribution >= 4 is 11.5 Å². The molecule has 0 spiro atoms. The zero-order valence-corrected chi connectivity index (χ0v) is 10.4. The lowest BCUT2D eigenvalue weighted by atomic mass is 10.1. The minimum Gasteiger partial charge on any atom is -0.320 e. The Hall–Kier alpha value is -2.22. The van der Waals surface area contributed by atoms with Crippen molar-refractivity contribution < 1.29 is 9.72 Å². The van der Waals surface area contributed by atoms with Crippen LogP contribution in [0.1, 0.15) is 31.1 Å². The van der Waals surface area contributed by atoms with Gasteiger partial charge in [0.05, 0.1) is 10.5 Å². The lowest BCUT2D eigenvalue weighted by Gasteiger charge is -1.95. The molecule has 92 valence electrons. The molecule has 0 aliphatic rings. The van der Waals surface area contributed by atoms with Crippen LogP contribution in [0, 0.1) is 16.7 Å². The molecule has 0 unspecified atom stereocenters. The van der Waals surface area contributed by atoms with Gasteiger partial charge < -0.3 is 4.85 Å². The van der Waals surface area contributed by atoms with Gasteiger partial charge in [-0.05, 0) is 13.0 Å². The third-order valence-electron chi connectivity index (χ3n) is 1.48. The molecule has 5 heteroatoms. The normalized spacial score (nSPS) is 7.47. The molecule has 0 aliphatic carbocycles. The third-order valence-corrected chi connectivity index (χ3v) is 1.48. The predicted octanol–water partition coefficient (Wildman–Crippen LogP) is 3.36. The third kappa shape index (κ3) is 6.79. The highest BCUT2D eigenvalue weighted by molar-refractivity contribution is 5.97. The van der Waals surface area contributed by atoms with E-state index in [1.165, 1.54) is 32.2 Å². The molecule has 1 aromatic carbocycles. The fourth-order valence-electron chi connectivity index (χ4n) is 0.931. The van der Waals surface area contributed by atoms with E-state index < -0.39 is 4.92 Å². The van der Waals surface area contributed by atoms with Crippen molar-refractivity contribution in [1.29, 1.82) is 0 Å². The van der Waals surface area contributed by atoms with Crippen LogP contribution in [0.5, 0.6) is 0 Å². The summed E-state index contributed by atoms with van der Waals surface area (Å²) in [5.41, 5.74) is 0.0208. The van der Waals surface area contributed by atoms with Crippen LogP contribution >= 0.6 is 0 Å². The molecular formula is C12H16N2O3. The number of hydrogen-bond donors (Lipinski definition) is 0. The van der Waals surface area contributed by atoms with Crippen LogP contribution in [0.15, 0.2) is 24.3 Å². The smallest absolute Gasteiger partial charge is 0.280 e. The van der Waals surface area contributed by atoms with Crippen LogP contribution in [0.4, 0.5) is 5.69 Å². The maximum atomic E-state index is 10.9. The van der Waals surface area contributed by atoms with E-state index in [4.69, 9.17) is 6.57 Å². The minimum absolute atomic E-state index is 0.134. The number of ketones is 1. The number of carbonyl (C=O) groups is 1. The summed E-state index contributed by atoms with van der Waals surface area (Å²) in [7, 11) is 1.42. The van der Waals surface area contributed by atoms with Crippen molar-refractivity contribution in [2.45, 2.75) is 20.8 Å². The van der Waals surface area contributed by atoms with Gasteiger partial charge in [0.15, 0.2) is 5.78 Å². The topological polar surface area (TPSA) is 64.6 Å². The maximum absolute atomic E-state index is 10.9. The summed E-state index contributed by atoms with van der Waals surface area (Å²) >= 11 is 0. The van der Waals surface area contributed by atoms with Gasteiger partial charge in [-0.1, -0.05) is 26.0 Å². The van der Waals surface area contributed by atoms with Gasteiger partial charge in [0.25, 0.3) is 5.69 Å². The largest absolute Gasteiger partial charge is 0.320 e. The van der Waals surface area contributed by atoms with E-state index in [9.17, 15) is 14.9 Å². The van der Waals surface area contributed by atoms with Crippen LogP contribution in [-0.4, -0.2) is 17.8 Å². The fourth-order valence-corrected chi connectivity index (χ4v) is 0.931. The molecule has 0 saturated carbocycles. The van der Waals surface area contributed by atoms with E-state index in [1.54, 1.807) is 6.07 Å². The second kappa shape index (κ2) is 10.3. The molecule has 0 fully saturated rings. The number of Topliss-reactive ketones (excluding diaryl/α,β-unsaturated/α-hetero) is 1. The van der Waals surface area contributed by atoms with Crippen LogP contribution < -0.4 is 0 Å². The molecule has 0 radical (unpaired) electrons. The lowest BCUT2D eigenvalue weighted by Crippen LogP contribution is -1.98. The standard InChI is InChI=1S/C8H7NO3.C2H3N.C2H6/c1-6(10)7-4-2-3-5-8(7)9(11)12;1-3-2;1-2/h2-5H,1H3;1H3;1-2H3. The van der Waals surface area contributed by atoms with Crippen LogP contribution in [-0.2, 0) is 0 Å². The molecule has 0 aliphatic heterocycles. The van der Waals surface area contributed by atoms with Gasteiger partial charge in [-0.2, -0.15) is 0 Å². The van der Waals surface area contributed by atoms with Crippen molar-refractivity contribution in [3.05, 3.63) is 51.4 Å². The van der Waals surface area contributed by atoms with Gasteiger partial charge >= 0.3 is 0 Å². The first-order chi connectivity index (χ1) is 8.04. The molecule has 0 aromatic heterocycles. The summed E-state index contributed by atoms with van der Waals surface area (Å²) in [5, 5.41) is 10.4. The monoisotopic (exact) mass is 236 g/mol. The highest BCUT2D eigenvalue weighted by atomic mass is 16.6. The fraction of sp³-hybridized carbons (Fsp3) is 0.333. The second-order valence-electron chi connectivity index (χ2n) is 2.55. The molecule has 0 saturated heterocycles. The summed E-state index contributed by atoms with van der Waals surface area (Å²) in [6.07, 6.45) is 0. The number of nitro benzene ring substituents is 1. The first-order valence-electron chi connectivity index (χ1n) is 5.04. The summed E-state index contributed by atoms with van der Waals surface area (Å²) < 4.78 is 0. The Balaban J connectivity index is 0. The Morgan fingerprint density at radius 2 is 1.76 bits per heavy atom. The lowest BCUT2D eigenvalue weighted by molar-refractivity contribution is -0.385. The zero-order valence-electron chi connectivity index (χ0n) is 10.4.